The van der Waals surface area contributed by atoms with E-state index in [1.54, 1.807) is 19.1 Å². The highest BCUT2D eigenvalue weighted by Gasteiger charge is 2.38. The van der Waals surface area contributed by atoms with Gasteiger partial charge in [-0.2, -0.15) is 13.2 Å². The number of aryl methyl sites for hydroxylation is 1. The molecule has 3 N–H and O–H groups in total. The summed E-state index contributed by atoms with van der Waals surface area (Å²) >= 11 is 0. The van der Waals surface area contributed by atoms with Crippen molar-refractivity contribution in [1.29, 1.82) is 0 Å². The van der Waals surface area contributed by atoms with E-state index in [0.717, 1.165) is 24.6 Å². The van der Waals surface area contributed by atoms with Crippen molar-refractivity contribution in [2.24, 2.45) is 0 Å². The van der Waals surface area contributed by atoms with E-state index in [2.05, 4.69) is 25.9 Å². The molecule has 0 saturated heterocycles. The van der Waals surface area contributed by atoms with Crippen LogP contribution in [-0.2, 0) is 14.5 Å². The Bertz CT molecular complexity index is 1400. The van der Waals surface area contributed by atoms with Crippen LogP contribution >= 0.6 is 0 Å². The Kier molecular flexibility index (Phi) is 7.62. The van der Waals surface area contributed by atoms with E-state index in [1.807, 2.05) is 5.32 Å². The van der Waals surface area contributed by atoms with Crippen molar-refractivity contribution in [1.82, 2.24) is 15.3 Å². The number of anilines is 3. The van der Waals surface area contributed by atoms with Gasteiger partial charge in [-0.05, 0) is 56.5 Å². The lowest BCUT2D eigenvalue weighted by Gasteiger charge is -2.22. The Morgan fingerprint density at radius 3 is 2.50 bits per heavy atom. The molecular formula is C23H25F4N5O3S. The second-order valence-electron chi connectivity index (χ2n) is 8.31. The lowest BCUT2D eigenvalue weighted by atomic mass is 10.1. The second kappa shape index (κ2) is 10.2. The molecule has 0 aliphatic rings. The normalized spacial score (nSPS) is 15.0. The molecule has 0 saturated carbocycles. The van der Waals surface area contributed by atoms with Crippen LogP contribution in [0.4, 0.5) is 34.8 Å². The highest BCUT2D eigenvalue weighted by molar-refractivity contribution is 8.00. The maximum Gasteiger partial charge on any atom is 0.408 e. The van der Waals surface area contributed by atoms with Gasteiger partial charge in [0.1, 0.15) is 29.8 Å². The SMILES string of the molecule is C=S(C)(=O)Nc1cc(C)c2c(Nc3ccc(F)cc3O[C@H](C)C(=O)N[C@H](C)C(F)(F)F)ncnc2c1. The summed E-state index contributed by atoms with van der Waals surface area (Å²) in [5, 5.41) is 5.45. The molecule has 1 heterocycles. The third-order valence-electron chi connectivity index (χ3n) is 4.99. The number of ether oxygens (including phenoxy) is 1. The fraction of sp³-hybridized carbons (Fsp3) is 0.304. The Balaban J connectivity index is 1.91. The largest absolute Gasteiger partial charge is 0.479 e. The molecule has 3 aromatic rings. The fourth-order valence-corrected chi connectivity index (χ4v) is 3.89. The predicted octanol–water partition coefficient (Wildman–Crippen LogP) is 4.33. The molecule has 1 amide bonds. The molecule has 3 atom stereocenters. The van der Waals surface area contributed by atoms with Gasteiger partial charge in [-0.25, -0.2) is 18.6 Å². The number of carbonyl (C=O) groups excluding carboxylic acids is 1. The molecule has 0 spiro atoms. The van der Waals surface area contributed by atoms with Crippen LogP contribution in [0.15, 0.2) is 36.7 Å². The van der Waals surface area contributed by atoms with Crippen molar-refractivity contribution in [3.63, 3.8) is 0 Å². The van der Waals surface area contributed by atoms with Gasteiger partial charge >= 0.3 is 6.18 Å². The molecule has 2 aromatic carbocycles. The van der Waals surface area contributed by atoms with Crippen LogP contribution in [0.3, 0.4) is 0 Å². The van der Waals surface area contributed by atoms with Crippen LogP contribution in [0.5, 0.6) is 5.75 Å². The van der Waals surface area contributed by atoms with Gasteiger partial charge in [-0.1, -0.05) is 0 Å². The maximum atomic E-state index is 14.0. The first-order valence-electron chi connectivity index (χ1n) is 10.6. The summed E-state index contributed by atoms with van der Waals surface area (Å²) in [7, 11) is -2.52. The number of fused-ring (bicyclic) bond motifs is 1. The van der Waals surface area contributed by atoms with Crippen LogP contribution in [0.2, 0.25) is 0 Å². The van der Waals surface area contributed by atoms with Gasteiger partial charge in [0.15, 0.2) is 6.10 Å². The molecule has 0 bridgehead atoms. The molecular weight excluding hydrogens is 502 g/mol. The average molecular weight is 528 g/mol. The zero-order chi connectivity index (χ0) is 26.8. The van der Waals surface area contributed by atoms with Crippen LogP contribution in [0, 0.1) is 12.7 Å². The van der Waals surface area contributed by atoms with Gasteiger partial charge < -0.3 is 20.1 Å². The molecule has 13 heteroatoms. The van der Waals surface area contributed by atoms with Crippen LogP contribution in [0.1, 0.15) is 19.4 Å². The smallest absolute Gasteiger partial charge is 0.408 e. The predicted molar refractivity (Wildman–Crippen MR) is 133 cm³/mol. The van der Waals surface area contributed by atoms with Gasteiger partial charge in [-0.15, -0.1) is 0 Å². The number of aromatic nitrogens is 2. The number of halogens is 4. The summed E-state index contributed by atoms with van der Waals surface area (Å²) in [6.45, 7) is 3.85. The van der Waals surface area contributed by atoms with E-state index in [1.165, 1.54) is 25.6 Å². The first kappa shape index (κ1) is 27.0. The van der Waals surface area contributed by atoms with Gasteiger partial charge in [0.2, 0.25) is 0 Å². The van der Waals surface area contributed by atoms with E-state index in [9.17, 15) is 26.6 Å². The number of hydrogen-bond acceptors (Lipinski definition) is 6. The minimum Gasteiger partial charge on any atom is -0.479 e. The van der Waals surface area contributed by atoms with Crippen molar-refractivity contribution in [2.45, 2.75) is 39.1 Å². The highest BCUT2D eigenvalue weighted by Crippen LogP contribution is 2.33. The number of nitrogens with one attached hydrogen (secondary N) is 3. The summed E-state index contributed by atoms with van der Waals surface area (Å²) in [6, 6.07) is 4.82. The summed E-state index contributed by atoms with van der Waals surface area (Å²) in [5.74, 6) is 2.10. The zero-order valence-electron chi connectivity index (χ0n) is 19.9. The van der Waals surface area contributed by atoms with Crippen LogP contribution in [0.25, 0.3) is 10.9 Å². The maximum absolute atomic E-state index is 14.0. The van der Waals surface area contributed by atoms with Gasteiger partial charge in [0.05, 0.1) is 11.2 Å². The first-order chi connectivity index (χ1) is 16.6. The van der Waals surface area contributed by atoms with Crippen molar-refractivity contribution < 1.29 is 31.3 Å². The monoisotopic (exact) mass is 527 g/mol. The van der Waals surface area contributed by atoms with E-state index in [-0.39, 0.29) is 11.4 Å². The van der Waals surface area contributed by atoms with Gasteiger partial charge in [0.25, 0.3) is 5.91 Å². The number of benzene rings is 2. The third-order valence-corrected chi connectivity index (χ3v) is 5.66. The minimum absolute atomic E-state index is 0.109. The summed E-state index contributed by atoms with van der Waals surface area (Å²) < 4.78 is 72.7. The molecule has 0 aliphatic heterocycles. The van der Waals surface area contributed by atoms with Crippen molar-refractivity contribution >= 4 is 49.6 Å². The number of hydrogen-bond donors (Lipinski definition) is 3. The van der Waals surface area contributed by atoms with Crippen molar-refractivity contribution in [3.05, 3.63) is 48.0 Å². The summed E-state index contributed by atoms with van der Waals surface area (Å²) in [5.41, 5.74) is 2.00. The topological polar surface area (TPSA) is 105 Å². The fourth-order valence-electron chi connectivity index (χ4n) is 3.28. The van der Waals surface area contributed by atoms with Crippen LogP contribution < -0.4 is 20.1 Å². The number of rotatable bonds is 8. The quantitative estimate of drug-likeness (QED) is 0.298. The average Bonchev–Trinajstić information content (AvgIpc) is 2.73. The number of amides is 1. The number of alkyl halides is 3. The minimum atomic E-state index is -4.62. The van der Waals surface area contributed by atoms with Crippen LogP contribution in [-0.4, -0.2) is 50.5 Å². The third kappa shape index (κ3) is 6.74. The van der Waals surface area contributed by atoms with Crippen molar-refractivity contribution in [3.8, 4) is 5.75 Å². The number of carbonyl (C=O) groups is 1. The Morgan fingerprint density at radius 2 is 1.86 bits per heavy atom. The molecule has 0 aliphatic carbocycles. The summed E-state index contributed by atoms with van der Waals surface area (Å²) in [4.78, 5) is 20.7. The molecule has 8 nitrogen and oxygen atoms in total. The Morgan fingerprint density at radius 1 is 1.17 bits per heavy atom. The van der Waals surface area contributed by atoms with E-state index < -0.39 is 39.8 Å². The first-order valence-corrected chi connectivity index (χ1v) is 12.7. The van der Waals surface area contributed by atoms with Gasteiger partial charge in [0, 0.05) is 33.1 Å². The number of nitrogens with zero attached hydrogens (tertiary/aromatic N) is 2. The Labute approximate surface area is 205 Å². The van der Waals surface area contributed by atoms with Gasteiger partial charge in [-0.3, -0.25) is 4.79 Å². The second-order valence-corrected chi connectivity index (χ2v) is 10.5. The van der Waals surface area contributed by atoms with E-state index in [0.29, 0.717) is 22.4 Å². The lowest BCUT2D eigenvalue weighted by Crippen LogP contribution is -2.47. The zero-order valence-corrected chi connectivity index (χ0v) is 20.7. The lowest BCUT2D eigenvalue weighted by molar-refractivity contribution is -0.160. The highest BCUT2D eigenvalue weighted by atomic mass is 32.2. The molecule has 194 valence electrons. The standard InChI is InChI=1S/C23H25F4N5O3S/c1-12-8-16(32-36(4,5)34)10-18-20(12)21(29-11-28-18)31-17-7-6-15(24)9-19(17)35-13(2)22(33)30-14(3)23(25,26)27/h6-11,13-14H,4H2,1-3,5H3,(H,30,33)(H,32,34)(H,28,29,31)/t13-,14-,36?/m1/s1. The Hall–Kier alpha value is -3.61. The van der Waals surface area contributed by atoms with E-state index >= 15 is 0 Å². The molecule has 36 heavy (non-hydrogen) atoms. The molecule has 0 radical (unpaired) electrons. The molecule has 0 fully saturated rings. The van der Waals surface area contributed by atoms with Crippen molar-refractivity contribution in [2.75, 3.05) is 16.3 Å². The van der Waals surface area contributed by atoms with E-state index in [4.69, 9.17) is 4.74 Å². The molecule has 1 aromatic heterocycles. The summed E-state index contributed by atoms with van der Waals surface area (Å²) in [6.07, 6.45) is -3.23. The molecule has 1 unspecified atom stereocenters. The molecule has 3 rings (SSSR count).